The molecule has 2 aromatic rings. The summed E-state index contributed by atoms with van der Waals surface area (Å²) in [5.74, 6) is -0.111. The first-order chi connectivity index (χ1) is 8.56. The second-order valence-electron chi connectivity index (χ2n) is 3.65. The van der Waals surface area contributed by atoms with Gasteiger partial charge in [0.2, 0.25) is 0 Å². The van der Waals surface area contributed by atoms with Crippen LogP contribution < -0.4 is 11.1 Å². The van der Waals surface area contributed by atoms with Gasteiger partial charge in [0.15, 0.2) is 0 Å². The molecule has 0 aliphatic carbocycles. The number of hydrogen-bond donors (Lipinski definition) is 2. The Morgan fingerprint density at radius 2 is 2.11 bits per heavy atom. The lowest BCUT2D eigenvalue weighted by Gasteiger charge is -2.05. The first-order valence-corrected chi connectivity index (χ1v) is 7.59. The molecule has 0 spiro atoms. The summed E-state index contributed by atoms with van der Waals surface area (Å²) in [6.07, 6.45) is 0. The highest BCUT2D eigenvalue weighted by Gasteiger charge is 2.07. The van der Waals surface area contributed by atoms with Gasteiger partial charge in [-0.15, -0.1) is 11.3 Å². The molecule has 6 heteroatoms. The monoisotopic (exact) mass is 388 g/mol. The smallest absolute Gasteiger partial charge is 0.251 e. The van der Waals surface area contributed by atoms with Gasteiger partial charge in [-0.05, 0) is 56.1 Å². The molecule has 1 amide bonds. The van der Waals surface area contributed by atoms with Crippen molar-refractivity contribution in [2.75, 3.05) is 5.73 Å². The number of hydrogen-bond acceptors (Lipinski definition) is 3. The number of halogens is 2. The van der Waals surface area contributed by atoms with Gasteiger partial charge in [0.25, 0.3) is 5.91 Å². The van der Waals surface area contributed by atoms with E-state index in [-0.39, 0.29) is 5.91 Å². The average Bonchev–Trinajstić information content (AvgIpc) is 2.75. The number of nitrogens with two attached hydrogens (primary N) is 1. The number of nitrogens with one attached hydrogen (secondary N) is 1. The second-order valence-corrected chi connectivity index (χ2v) is 6.42. The molecule has 1 aromatic heterocycles. The molecule has 0 unspecified atom stereocenters. The van der Waals surface area contributed by atoms with E-state index in [2.05, 4.69) is 37.2 Å². The minimum absolute atomic E-state index is 0.111. The zero-order valence-electron chi connectivity index (χ0n) is 9.24. The second kappa shape index (κ2) is 5.86. The topological polar surface area (TPSA) is 55.1 Å². The lowest BCUT2D eigenvalue weighted by atomic mass is 10.2. The molecule has 0 fully saturated rings. The van der Waals surface area contributed by atoms with Gasteiger partial charge in [-0.3, -0.25) is 4.79 Å². The number of rotatable bonds is 3. The van der Waals surface area contributed by atoms with Crippen molar-refractivity contribution in [2.24, 2.45) is 0 Å². The Hall–Kier alpha value is -0.850. The van der Waals surface area contributed by atoms with Crippen molar-refractivity contribution >= 4 is 54.8 Å². The maximum atomic E-state index is 11.9. The van der Waals surface area contributed by atoms with Crippen LogP contribution in [-0.4, -0.2) is 5.91 Å². The summed E-state index contributed by atoms with van der Waals surface area (Å²) in [5.41, 5.74) is 6.88. The van der Waals surface area contributed by atoms with Gasteiger partial charge in [-0.2, -0.15) is 0 Å². The molecule has 2 rings (SSSR count). The summed E-state index contributed by atoms with van der Waals surface area (Å²) < 4.78 is 1.76. The normalized spacial score (nSPS) is 10.3. The number of benzene rings is 1. The molecular formula is C12H10Br2N2OS. The summed E-state index contributed by atoms with van der Waals surface area (Å²) in [6, 6.07) is 7.12. The Morgan fingerprint density at radius 3 is 2.72 bits per heavy atom. The van der Waals surface area contributed by atoms with Crippen LogP contribution in [-0.2, 0) is 6.54 Å². The fourth-order valence-electron chi connectivity index (χ4n) is 1.38. The van der Waals surface area contributed by atoms with E-state index in [1.54, 1.807) is 29.5 Å². The number of carbonyl (C=O) groups is 1. The van der Waals surface area contributed by atoms with Gasteiger partial charge in [-0.25, -0.2) is 0 Å². The van der Waals surface area contributed by atoms with Crippen molar-refractivity contribution in [3.63, 3.8) is 0 Å². The standard InChI is InChI=1S/C12H10Br2N2OS/c13-8-4-9(18-6-8)5-16-12(17)7-1-2-11(15)10(14)3-7/h1-4,6H,5,15H2,(H,16,17). The minimum atomic E-state index is -0.111. The fraction of sp³-hybridized carbons (Fsp3) is 0.0833. The van der Waals surface area contributed by atoms with Crippen LogP contribution in [0.15, 0.2) is 38.6 Å². The Labute approximate surface area is 126 Å². The number of amides is 1. The van der Waals surface area contributed by atoms with E-state index in [4.69, 9.17) is 5.73 Å². The van der Waals surface area contributed by atoms with Crippen molar-refractivity contribution in [2.45, 2.75) is 6.54 Å². The van der Waals surface area contributed by atoms with Crippen LogP contribution in [0.3, 0.4) is 0 Å². The van der Waals surface area contributed by atoms with Crippen molar-refractivity contribution in [1.29, 1.82) is 0 Å². The van der Waals surface area contributed by atoms with Crippen LogP contribution in [0.5, 0.6) is 0 Å². The van der Waals surface area contributed by atoms with E-state index >= 15 is 0 Å². The van der Waals surface area contributed by atoms with E-state index in [9.17, 15) is 4.79 Å². The maximum absolute atomic E-state index is 11.9. The van der Waals surface area contributed by atoms with Gasteiger partial charge < -0.3 is 11.1 Å². The Kier molecular flexibility index (Phi) is 4.42. The van der Waals surface area contributed by atoms with E-state index in [1.165, 1.54) is 0 Å². The number of thiophene rings is 1. The minimum Gasteiger partial charge on any atom is -0.398 e. The van der Waals surface area contributed by atoms with Crippen LogP contribution in [0, 0.1) is 0 Å². The van der Waals surface area contributed by atoms with Gasteiger partial charge in [0.05, 0.1) is 6.54 Å². The third-order valence-electron chi connectivity index (χ3n) is 2.31. The summed E-state index contributed by atoms with van der Waals surface area (Å²) in [5, 5.41) is 4.85. The Bertz CT molecular complexity index is 583. The van der Waals surface area contributed by atoms with Gasteiger partial charge >= 0.3 is 0 Å². The highest BCUT2D eigenvalue weighted by Crippen LogP contribution is 2.21. The molecule has 0 atom stereocenters. The number of anilines is 1. The van der Waals surface area contributed by atoms with Crippen molar-refractivity contribution in [3.8, 4) is 0 Å². The van der Waals surface area contributed by atoms with Crippen LogP contribution in [0.2, 0.25) is 0 Å². The quantitative estimate of drug-likeness (QED) is 0.784. The molecular weight excluding hydrogens is 380 g/mol. The van der Waals surface area contributed by atoms with Crippen molar-refractivity contribution in [1.82, 2.24) is 5.32 Å². The third kappa shape index (κ3) is 3.34. The zero-order chi connectivity index (χ0) is 13.1. The summed E-state index contributed by atoms with van der Waals surface area (Å²) in [7, 11) is 0. The molecule has 18 heavy (non-hydrogen) atoms. The highest BCUT2D eigenvalue weighted by molar-refractivity contribution is 9.10. The number of nitrogen functional groups attached to an aromatic ring is 1. The first-order valence-electron chi connectivity index (χ1n) is 5.12. The van der Waals surface area contributed by atoms with Crippen LogP contribution in [0.4, 0.5) is 5.69 Å². The van der Waals surface area contributed by atoms with Gasteiger partial charge in [-0.1, -0.05) is 0 Å². The molecule has 0 saturated heterocycles. The number of carbonyl (C=O) groups excluding carboxylic acids is 1. The lowest BCUT2D eigenvalue weighted by Crippen LogP contribution is -2.22. The summed E-state index contributed by atoms with van der Waals surface area (Å²) >= 11 is 8.29. The summed E-state index contributed by atoms with van der Waals surface area (Å²) in [4.78, 5) is 13.0. The highest BCUT2D eigenvalue weighted by atomic mass is 79.9. The van der Waals surface area contributed by atoms with Crippen molar-refractivity contribution in [3.05, 3.63) is 49.0 Å². The molecule has 3 N–H and O–H groups in total. The molecule has 0 aliphatic rings. The van der Waals surface area contributed by atoms with Crippen LogP contribution in [0.1, 0.15) is 15.2 Å². The predicted octanol–water partition coefficient (Wildman–Crippen LogP) is 3.79. The molecule has 0 aliphatic heterocycles. The Balaban J connectivity index is 2.01. The largest absolute Gasteiger partial charge is 0.398 e. The molecule has 1 heterocycles. The fourth-order valence-corrected chi connectivity index (χ4v) is 3.15. The van der Waals surface area contributed by atoms with E-state index < -0.39 is 0 Å². The lowest BCUT2D eigenvalue weighted by molar-refractivity contribution is 0.0951. The first kappa shape index (κ1) is 13.6. The van der Waals surface area contributed by atoms with Crippen LogP contribution >= 0.6 is 43.2 Å². The van der Waals surface area contributed by atoms with E-state index in [1.807, 2.05) is 11.4 Å². The van der Waals surface area contributed by atoms with E-state index in [0.717, 1.165) is 13.8 Å². The van der Waals surface area contributed by atoms with Crippen molar-refractivity contribution < 1.29 is 4.79 Å². The van der Waals surface area contributed by atoms with Gasteiger partial charge in [0.1, 0.15) is 0 Å². The molecule has 0 saturated carbocycles. The molecule has 0 radical (unpaired) electrons. The molecule has 1 aromatic carbocycles. The van der Waals surface area contributed by atoms with Gasteiger partial charge in [0, 0.05) is 30.5 Å². The average molecular weight is 390 g/mol. The van der Waals surface area contributed by atoms with E-state index in [0.29, 0.717) is 17.8 Å². The zero-order valence-corrected chi connectivity index (χ0v) is 13.2. The third-order valence-corrected chi connectivity index (χ3v) is 4.69. The Morgan fingerprint density at radius 1 is 1.33 bits per heavy atom. The molecule has 94 valence electrons. The SMILES string of the molecule is Nc1ccc(C(=O)NCc2cc(Br)cs2)cc1Br. The predicted molar refractivity (Wildman–Crippen MR) is 81.7 cm³/mol. The summed E-state index contributed by atoms with van der Waals surface area (Å²) in [6.45, 7) is 0.525. The van der Waals surface area contributed by atoms with Crippen LogP contribution in [0.25, 0.3) is 0 Å². The maximum Gasteiger partial charge on any atom is 0.251 e. The molecule has 3 nitrogen and oxygen atoms in total. The molecule has 0 bridgehead atoms.